The molecular formula is C22H23ClN6O2. The minimum atomic E-state index is -0.220. The summed E-state index contributed by atoms with van der Waals surface area (Å²) in [6.45, 7) is 3.76. The highest BCUT2D eigenvalue weighted by Crippen LogP contribution is 2.32. The van der Waals surface area contributed by atoms with Gasteiger partial charge in [0.25, 0.3) is 5.56 Å². The quantitative estimate of drug-likeness (QED) is 0.470. The lowest BCUT2D eigenvalue weighted by Gasteiger charge is -2.35. The van der Waals surface area contributed by atoms with Crippen molar-refractivity contribution in [3.63, 3.8) is 0 Å². The Hall–Kier alpha value is -2.97. The predicted molar refractivity (Wildman–Crippen MR) is 122 cm³/mol. The molecule has 31 heavy (non-hydrogen) atoms. The average molecular weight is 439 g/mol. The van der Waals surface area contributed by atoms with Gasteiger partial charge in [-0.05, 0) is 37.8 Å². The molecule has 0 aliphatic carbocycles. The Morgan fingerprint density at radius 1 is 1.19 bits per heavy atom. The summed E-state index contributed by atoms with van der Waals surface area (Å²) in [6.07, 6.45) is 5.39. The van der Waals surface area contributed by atoms with E-state index in [-0.39, 0.29) is 11.6 Å². The molecule has 0 aromatic carbocycles. The smallest absolute Gasteiger partial charge is 0.259 e. The summed E-state index contributed by atoms with van der Waals surface area (Å²) in [7, 11) is 2.01. The van der Waals surface area contributed by atoms with E-state index >= 15 is 0 Å². The first kappa shape index (κ1) is 20.0. The highest BCUT2D eigenvalue weighted by molar-refractivity contribution is 6.30. The number of hydrogen-bond acceptors (Lipinski definition) is 6. The molecule has 0 spiro atoms. The largest absolute Gasteiger partial charge is 0.381 e. The summed E-state index contributed by atoms with van der Waals surface area (Å²) in [6, 6.07) is 5.55. The third kappa shape index (κ3) is 3.66. The fourth-order valence-electron chi connectivity index (χ4n) is 4.27. The van der Waals surface area contributed by atoms with E-state index < -0.39 is 0 Å². The van der Waals surface area contributed by atoms with Crippen molar-refractivity contribution >= 4 is 39.4 Å². The first-order valence-corrected chi connectivity index (χ1v) is 10.7. The zero-order chi connectivity index (χ0) is 21.5. The number of imidazole rings is 1. The lowest BCUT2D eigenvalue weighted by atomic mass is 9.92. The van der Waals surface area contributed by atoms with Crippen LogP contribution in [0.1, 0.15) is 19.8 Å². The van der Waals surface area contributed by atoms with E-state index in [4.69, 9.17) is 21.3 Å². The summed E-state index contributed by atoms with van der Waals surface area (Å²) in [5.41, 5.74) is 2.38. The summed E-state index contributed by atoms with van der Waals surface area (Å²) in [5.74, 6) is 1.67. The molecule has 0 saturated carbocycles. The van der Waals surface area contributed by atoms with E-state index in [1.807, 2.05) is 7.05 Å². The van der Waals surface area contributed by atoms with E-state index in [2.05, 4.69) is 31.8 Å². The number of hydrogen-bond donors (Lipinski definition) is 2. The molecule has 9 heteroatoms. The Morgan fingerprint density at radius 3 is 2.81 bits per heavy atom. The van der Waals surface area contributed by atoms with Crippen LogP contribution in [-0.4, -0.2) is 51.2 Å². The topological polar surface area (TPSA) is 99.8 Å². The van der Waals surface area contributed by atoms with Gasteiger partial charge in [0.15, 0.2) is 5.82 Å². The molecule has 1 atom stereocenters. The summed E-state index contributed by atoms with van der Waals surface area (Å²) < 4.78 is 5.51. The molecule has 1 unspecified atom stereocenters. The number of fused-ring (bicyclic) bond motifs is 2. The first-order chi connectivity index (χ1) is 15.0. The highest BCUT2D eigenvalue weighted by Gasteiger charge is 2.26. The van der Waals surface area contributed by atoms with Crippen molar-refractivity contribution in [1.82, 2.24) is 24.9 Å². The fraction of sp³-hybridized carbons (Fsp3) is 0.364. The molecule has 160 valence electrons. The fourth-order valence-corrected chi connectivity index (χ4v) is 4.46. The van der Waals surface area contributed by atoms with Crippen LogP contribution in [0.15, 0.2) is 35.4 Å². The molecule has 0 bridgehead atoms. The second-order valence-electron chi connectivity index (χ2n) is 8.03. The van der Waals surface area contributed by atoms with E-state index in [0.717, 1.165) is 42.5 Å². The van der Waals surface area contributed by atoms with Crippen LogP contribution in [0.5, 0.6) is 0 Å². The van der Waals surface area contributed by atoms with Crippen molar-refractivity contribution in [2.75, 3.05) is 25.2 Å². The van der Waals surface area contributed by atoms with Crippen molar-refractivity contribution in [2.24, 2.45) is 5.92 Å². The third-order valence-electron chi connectivity index (χ3n) is 6.21. The van der Waals surface area contributed by atoms with Gasteiger partial charge in [0, 0.05) is 50.1 Å². The molecule has 0 amide bonds. The van der Waals surface area contributed by atoms with Crippen molar-refractivity contribution in [3.05, 3.63) is 46.1 Å². The van der Waals surface area contributed by atoms with Gasteiger partial charge in [-0.25, -0.2) is 9.97 Å². The third-order valence-corrected chi connectivity index (χ3v) is 6.41. The van der Waals surface area contributed by atoms with Crippen molar-refractivity contribution in [1.29, 1.82) is 0 Å². The van der Waals surface area contributed by atoms with Crippen LogP contribution in [-0.2, 0) is 4.74 Å². The Balaban J connectivity index is 1.59. The number of aromatic amines is 2. The SMILES string of the molecule is CC(C1CCOCC1)N(C)c1nc(Cl)cc2[nH]c(-c3cc4cnccc4[nH]c3=O)nc12. The lowest BCUT2D eigenvalue weighted by molar-refractivity contribution is 0.0597. The molecule has 8 nitrogen and oxygen atoms in total. The van der Waals surface area contributed by atoms with Gasteiger partial charge in [-0.3, -0.25) is 9.78 Å². The Labute approximate surface area is 183 Å². The van der Waals surface area contributed by atoms with Crippen LogP contribution in [0.3, 0.4) is 0 Å². The number of nitrogens with one attached hydrogen (secondary N) is 2. The van der Waals surface area contributed by atoms with Crippen LogP contribution < -0.4 is 10.5 Å². The molecule has 1 fully saturated rings. The number of pyridine rings is 3. The molecule has 1 aliphatic rings. The summed E-state index contributed by atoms with van der Waals surface area (Å²) in [5, 5.41) is 1.21. The van der Waals surface area contributed by atoms with E-state index in [1.54, 1.807) is 30.6 Å². The number of H-pyrrole nitrogens is 2. The Bertz CT molecular complexity index is 1310. The second-order valence-corrected chi connectivity index (χ2v) is 8.41. The van der Waals surface area contributed by atoms with Crippen LogP contribution in [0, 0.1) is 5.92 Å². The molecule has 2 N–H and O–H groups in total. The summed E-state index contributed by atoms with van der Waals surface area (Å²) >= 11 is 6.34. The number of nitrogens with zero attached hydrogens (tertiary/aromatic N) is 4. The van der Waals surface area contributed by atoms with Crippen LogP contribution in [0.25, 0.3) is 33.3 Å². The molecule has 1 aliphatic heterocycles. The molecule has 5 rings (SSSR count). The van der Waals surface area contributed by atoms with E-state index in [0.29, 0.717) is 33.8 Å². The van der Waals surface area contributed by atoms with E-state index in [9.17, 15) is 4.79 Å². The number of anilines is 1. The average Bonchev–Trinajstić information content (AvgIpc) is 3.21. The normalized spacial score (nSPS) is 16.1. The molecule has 1 saturated heterocycles. The number of halogens is 1. The second kappa shape index (κ2) is 7.94. The minimum Gasteiger partial charge on any atom is -0.381 e. The minimum absolute atomic E-state index is 0.220. The maximum absolute atomic E-state index is 12.7. The summed E-state index contributed by atoms with van der Waals surface area (Å²) in [4.78, 5) is 34.5. The zero-order valence-corrected chi connectivity index (χ0v) is 18.1. The van der Waals surface area contributed by atoms with Crippen LogP contribution in [0.4, 0.5) is 5.82 Å². The van der Waals surface area contributed by atoms with Crippen molar-refractivity contribution in [2.45, 2.75) is 25.8 Å². The molecule has 5 heterocycles. The maximum atomic E-state index is 12.7. The standard InChI is InChI=1S/C22H23ClN6O2/c1-12(13-4-7-31-8-5-13)29(2)21-19-17(10-18(23)27-21)25-20(28-19)15-9-14-11-24-6-3-16(14)26-22(15)30/h3,6,9-13H,4-5,7-8H2,1-2H3,(H,25,28)(H,26,30). The first-order valence-electron chi connectivity index (χ1n) is 10.4. The molecule has 4 aromatic rings. The van der Waals surface area contributed by atoms with Gasteiger partial charge in [-0.1, -0.05) is 11.6 Å². The van der Waals surface area contributed by atoms with Crippen molar-refractivity contribution in [3.8, 4) is 11.4 Å². The van der Waals surface area contributed by atoms with Gasteiger partial charge in [0.05, 0.1) is 16.6 Å². The number of rotatable bonds is 4. The molecular weight excluding hydrogens is 416 g/mol. The van der Waals surface area contributed by atoms with Gasteiger partial charge < -0.3 is 19.6 Å². The van der Waals surface area contributed by atoms with Gasteiger partial charge in [0.1, 0.15) is 16.5 Å². The van der Waals surface area contributed by atoms with Crippen molar-refractivity contribution < 1.29 is 4.74 Å². The van der Waals surface area contributed by atoms with Crippen LogP contribution >= 0.6 is 11.6 Å². The monoisotopic (exact) mass is 438 g/mol. The Kier molecular flexibility index (Phi) is 5.11. The van der Waals surface area contributed by atoms with Gasteiger partial charge in [0.2, 0.25) is 0 Å². The number of aromatic nitrogens is 5. The lowest BCUT2D eigenvalue weighted by Crippen LogP contribution is -2.38. The molecule has 0 radical (unpaired) electrons. The van der Waals surface area contributed by atoms with Gasteiger partial charge in [-0.15, -0.1) is 0 Å². The molecule has 4 aromatic heterocycles. The Morgan fingerprint density at radius 2 is 2.00 bits per heavy atom. The van der Waals surface area contributed by atoms with Gasteiger partial charge in [-0.2, -0.15) is 0 Å². The van der Waals surface area contributed by atoms with Gasteiger partial charge >= 0.3 is 0 Å². The van der Waals surface area contributed by atoms with E-state index in [1.165, 1.54) is 0 Å². The number of ether oxygens (including phenoxy) is 1. The maximum Gasteiger partial charge on any atom is 0.259 e. The highest BCUT2D eigenvalue weighted by atomic mass is 35.5. The van der Waals surface area contributed by atoms with Crippen LogP contribution in [0.2, 0.25) is 5.15 Å². The predicted octanol–water partition coefficient (Wildman–Crippen LogP) is 3.77. The zero-order valence-electron chi connectivity index (χ0n) is 17.4.